The average Bonchev–Trinajstić information content (AvgIpc) is 2.41. The first kappa shape index (κ1) is 17.2. The van der Waals surface area contributed by atoms with E-state index in [1.807, 2.05) is 0 Å². The largest absolute Gasteiger partial charge is 0.481 e. The zero-order valence-corrected chi connectivity index (χ0v) is 13.3. The highest BCUT2D eigenvalue weighted by Gasteiger charge is 2.53. The number of aryl methyl sites for hydroxylation is 1. The minimum absolute atomic E-state index is 0.0269. The molecule has 1 heterocycles. The van der Waals surface area contributed by atoms with Gasteiger partial charge in [-0.1, -0.05) is 6.08 Å². The third-order valence-corrected chi connectivity index (χ3v) is 5.80. The van der Waals surface area contributed by atoms with Crippen LogP contribution in [-0.4, -0.2) is 48.0 Å². The lowest BCUT2D eigenvalue weighted by molar-refractivity contribution is -0.155. The normalized spacial score (nSPS) is 17.3. The Kier molecular flexibility index (Phi) is 4.32. The van der Waals surface area contributed by atoms with Crippen LogP contribution in [0.25, 0.3) is 0 Å². The van der Waals surface area contributed by atoms with Crippen molar-refractivity contribution in [1.82, 2.24) is 4.31 Å². The second kappa shape index (κ2) is 5.78. The van der Waals surface area contributed by atoms with E-state index in [9.17, 15) is 23.1 Å². The maximum Gasteiger partial charge on any atom is 0.335 e. The summed E-state index contributed by atoms with van der Waals surface area (Å²) in [6, 6.07) is 3.74. The Balaban J connectivity index is 2.28. The quantitative estimate of drug-likeness (QED) is 0.757. The third kappa shape index (κ3) is 2.87. The summed E-state index contributed by atoms with van der Waals surface area (Å²) in [5.41, 5.74) is -0.779. The van der Waals surface area contributed by atoms with Gasteiger partial charge in [-0.25, -0.2) is 13.2 Å². The van der Waals surface area contributed by atoms with E-state index in [4.69, 9.17) is 5.11 Å². The molecule has 7 nitrogen and oxygen atoms in total. The fraction of sp³-hybridized carbons (Fsp3) is 0.333. The summed E-state index contributed by atoms with van der Waals surface area (Å²) in [5, 5.41) is 18.3. The molecule has 0 saturated carbocycles. The van der Waals surface area contributed by atoms with Gasteiger partial charge in [0.1, 0.15) is 0 Å². The van der Waals surface area contributed by atoms with E-state index >= 15 is 0 Å². The van der Waals surface area contributed by atoms with Crippen LogP contribution in [0.1, 0.15) is 22.3 Å². The molecule has 1 aromatic carbocycles. The van der Waals surface area contributed by atoms with Crippen molar-refractivity contribution in [2.75, 3.05) is 13.1 Å². The van der Waals surface area contributed by atoms with E-state index in [0.717, 1.165) is 4.31 Å². The van der Waals surface area contributed by atoms with Crippen LogP contribution in [0, 0.1) is 12.3 Å². The molecule has 8 heteroatoms. The first-order valence-electron chi connectivity index (χ1n) is 6.82. The summed E-state index contributed by atoms with van der Waals surface area (Å²) in [5.74, 6) is -2.19. The molecule has 124 valence electrons. The Hall–Kier alpha value is -2.19. The molecule has 0 spiro atoms. The maximum atomic E-state index is 12.5. The molecule has 23 heavy (non-hydrogen) atoms. The Morgan fingerprint density at radius 3 is 2.39 bits per heavy atom. The predicted octanol–water partition coefficient (Wildman–Crippen LogP) is 1.34. The summed E-state index contributed by atoms with van der Waals surface area (Å²) in [6.07, 6.45) is 1.65. The van der Waals surface area contributed by atoms with E-state index < -0.39 is 27.4 Å². The van der Waals surface area contributed by atoms with Crippen LogP contribution in [0.15, 0.2) is 35.7 Å². The molecule has 0 radical (unpaired) electrons. The number of carbonyl (C=O) groups is 2. The smallest absolute Gasteiger partial charge is 0.335 e. The molecule has 1 aliphatic rings. The molecule has 1 aromatic rings. The minimum atomic E-state index is -3.85. The molecule has 0 bridgehead atoms. The Morgan fingerprint density at radius 2 is 1.96 bits per heavy atom. The second-order valence-corrected chi connectivity index (χ2v) is 7.57. The number of rotatable bonds is 6. The van der Waals surface area contributed by atoms with Crippen LogP contribution in [0.4, 0.5) is 0 Å². The highest BCUT2D eigenvalue weighted by Crippen LogP contribution is 2.38. The van der Waals surface area contributed by atoms with Crippen LogP contribution >= 0.6 is 0 Å². The average molecular weight is 339 g/mol. The van der Waals surface area contributed by atoms with Gasteiger partial charge < -0.3 is 10.2 Å². The predicted molar refractivity (Wildman–Crippen MR) is 81.8 cm³/mol. The molecule has 1 fully saturated rings. The lowest BCUT2D eigenvalue weighted by Gasteiger charge is -2.45. The molecular formula is C15H17NO6S. The van der Waals surface area contributed by atoms with E-state index in [1.165, 1.54) is 31.2 Å². The SMILES string of the molecule is C=CCC1(C(=O)O)CN(S(=O)(=O)c2ccc(C(=O)O)c(C)c2)C1. The number of hydrogen-bond acceptors (Lipinski definition) is 4. The van der Waals surface area contributed by atoms with Crippen molar-refractivity contribution in [3.63, 3.8) is 0 Å². The van der Waals surface area contributed by atoms with Crippen LogP contribution in [0.5, 0.6) is 0 Å². The number of allylic oxidation sites excluding steroid dienone is 1. The van der Waals surface area contributed by atoms with Crippen molar-refractivity contribution in [3.8, 4) is 0 Å². The van der Waals surface area contributed by atoms with Gasteiger partial charge in [0.2, 0.25) is 10.0 Å². The zero-order chi connectivity index (χ0) is 17.4. The number of benzene rings is 1. The van der Waals surface area contributed by atoms with Crippen molar-refractivity contribution < 1.29 is 28.2 Å². The van der Waals surface area contributed by atoms with Crippen LogP contribution in [-0.2, 0) is 14.8 Å². The van der Waals surface area contributed by atoms with Crippen molar-refractivity contribution in [2.45, 2.75) is 18.2 Å². The Bertz CT molecular complexity index is 777. The molecule has 1 aliphatic heterocycles. The highest BCUT2D eigenvalue weighted by molar-refractivity contribution is 7.89. The molecule has 0 aromatic heterocycles. The van der Waals surface area contributed by atoms with E-state index in [0.29, 0.717) is 5.56 Å². The molecular weight excluding hydrogens is 322 g/mol. The zero-order valence-electron chi connectivity index (χ0n) is 12.5. The number of aliphatic carboxylic acids is 1. The fourth-order valence-corrected chi connectivity index (χ4v) is 4.31. The van der Waals surface area contributed by atoms with Gasteiger partial charge in [-0.15, -0.1) is 6.58 Å². The minimum Gasteiger partial charge on any atom is -0.481 e. The van der Waals surface area contributed by atoms with Crippen LogP contribution in [0.2, 0.25) is 0 Å². The summed E-state index contributed by atoms with van der Waals surface area (Å²) in [7, 11) is -3.85. The number of hydrogen-bond donors (Lipinski definition) is 2. The van der Waals surface area contributed by atoms with Crippen molar-refractivity contribution in [2.24, 2.45) is 5.41 Å². The molecule has 1 saturated heterocycles. The lowest BCUT2D eigenvalue weighted by Crippen LogP contribution is -2.61. The summed E-state index contributed by atoms with van der Waals surface area (Å²) in [6.45, 7) is 4.76. The molecule has 2 rings (SSSR count). The number of aromatic carboxylic acids is 1. The summed E-state index contributed by atoms with van der Waals surface area (Å²) < 4.78 is 26.1. The number of nitrogens with zero attached hydrogens (tertiary/aromatic N) is 1. The number of sulfonamides is 1. The van der Waals surface area contributed by atoms with Gasteiger partial charge in [-0.2, -0.15) is 4.31 Å². The van der Waals surface area contributed by atoms with Crippen molar-refractivity contribution >= 4 is 22.0 Å². The third-order valence-electron chi connectivity index (χ3n) is 4.01. The van der Waals surface area contributed by atoms with Gasteiger partial charge >= 0.3 is 11.9 Å². The van der Waals surface area contributed by atoms with E-state index in [-0.39, 0.29) is 30.0 Å². The van der Waals surface area contributed by atoms with Gasteiger partial charge in [0.25, 0.3) is 0 Å². The Morgan fingerprint density at radius 1 is 1.35 bits per heavy atom. The number of carboxylic acids is 2. The maximum absolute atomic E-state index is 12.5. The van der Waals surface area contributed by atoms with Gasteiger partial charge in [0, 0.05) is 13.1 Å². The number of carboxylic acid groups (broad SMARTS) is 2. The second-order valence-electron chi connectivity index (χ2n) is 5.63. The lowest BCUT2D eigenvalue weighted by atomic mass is 9.79. The topological polar surface area (TPSA) is 112 Å². The van der Waals surface area contributed by atoms with E-state index in [1.54, 1.807) is 0 Å². The van der Waals surface area contributed by atoms with Gasteiger partial charge in [0.15, 0.2) is 0 Å². The summed E-state index contributed by atoms with van der Waals surface area (Å²) in [4.78, 5) is 22.3. The molecule has 0 atom stereocenters. The first-order valence-corrected chi connectivity index (χ1v) is 8.26. The van der Waals surface area contributed by atoms with Crippen LogP contribution in [0.3, 0.4) is 0 Å². The first-order chi connectivity index (χ1) is 10.6. The van der Waals surface area contributed by atoms with E-state index in [2.05, 4.69) is 6.58 Å². The van der Waals surface area contributed by atoms with Gasteiger partial charge in [0.05, 0.1) is 15.9 Å². The molecule has 0 unspecified atom stereocenters. The summed E-state index contributed by atoms with van der Waals surface area (Å²) >= 11 is 0. The van der Waals surface area contributed by atoms with Gasteiger partial charge in [-0.3, -0.25) is 4.79 Å². The molecule has 0 amide bonds. The standard InChI is InChI=1S/C15H17NO6S/c1-3-6-15(14(19)20)8-16(9-15)23(21,22)11-4-5-12(13(17)18)10(2)7-11/h3-5,7H,1,6,8-9H2,2H3,(H,17,18)(H,19,20). The van der Waals surface area contributed by atoms with Crippen molar-refractivity contribution in [3.05, 3.63) is 42.0 Å². The van der Waals surface area contributed by atoms with Crippen molar-refractivity contribution in [1.29, 1.82) is 0 Å². The van der Waals surface area contributed by atoms with Gasteiger partial charge in [-0.05, 0) is 37.1 Å². The Labute approximate surface area is 133 Å². The highest BCUT2D eigenvalue weighted by atomic mass is 32.2. The van der Waals surface area contributed by atoms with Crippen LogP contribution < -0.4 is 0 Å². The fourth-order valence-electron chi connectivity index (χ4n) is 2.61. The molecule has 0 aliphatic carbocycles. The monoisotopic (exact) mass is 339 g/mol. The molecule has 2 N–H and O–H groups in total.